The van der Waals surface area contributed by atoms with E-state index in [1.165, 1.54) is 0 Å². The van der Waals surface area contributed by atoms with E-state index >= 15 is 0 Å². The van der Waals surface area contributed by atoms with Gasteiger partial charge < -0.3 is 31.5 Å². The highest BCUT2D eigenvalue weighted by Crippen LogP contribution is 2.04. The van der Waals surface area contributed by atoms with Crippen molar-refractivity contribution in [3.05, 3.63) is 0 Å². The van der Waals surface area contributed by atoms with Crippen molar-refractivity contribution in [3.63, 3.8) is 0 Å². The number of aliphatic carboxylic acids is 2. The van der Waals surface area contributed by atoms with Crippen molar-refractivity contribution in [1.29, 1.82) is 0 Å². The third-order valence-corrected chi connectivity index (χ3v) is 4.39. The van der Waals surface area contributed by atoms with Crippen LogP contribution in [0.4, 0.5) is 0 Å². The van der Waals surface area contributed by atoms with Crippen LogP contribution < -0.4 is 21.3 Å². The monoisotopic (exact) mass is 458 g/mol. The van der Waals surface area contributed by atoms with Gasteiger partial charge in [-0.3, -0.25) is 28.8 Å². The smallest absolute Gasteiger partial charge is 0.303 e. The van der Waals surface area contributed by atoms with E-state index in [9.17, 15) is 28.8 Å². The molecule has 2 atom stereocenters. The molecule has 32 heavy (non-hydrogen) atoms. The lowest BCUT2D eigenvalue weighted by atomic mass is 10.0. The second kappa shape index (κ2) is 14.8. The molecule has 0 radical (unpaired) electrons. The molecule has 0 rings (SSSR count). The van der Waals surface area contributed by atoms with E-state index in [-0.39, 0.29) is 50.6 Å². The molecule has 182 valence electrons. The van der Waals surface area contributed by atoms with Crippen LogP contribution in [0.15, 0.2) is 0 Å². The largest absolute Gasteiger partial charge is 0.481 e. The molecular weight excluding hydrogens is 424 g/mol. The maximum absolute atomic E-state index is 12.4. The van der Waals surface area contributed by atoms with Crippen LogP contribution in [0.1, 0.15) is 53.4 Å². The fraction of sp³-hybridized carbons (Fsp3) is 0.700. The molecule has 0 aromatic rings. The number of rotatable bonds is 15. The number of nitrogens with one attached hydrogen (secondary N) is 4. The number of amides is 4. The van der Waals surface area contributed by atoms with E-state index in [0.717, 1.165) is 0 Å². The number of hydrogen-bond donors (Lipinski definition) is 6. The number of carboxylic acid groups (broad SMARTS) is 2. The zero-order chi connectivity index (χ0) is 24.8. The molecule has 0 heterocycles. The molecule has 0 saturated carbocycles. The molecule has 12 heteroatoms. The van der Waals surface area contributed by atoms with Gasteiger partial charge in [-0.2, -0.15) is 0 Å². The predicted molar refractivity (Wildman–Crippen MR) is 113 cm³/mol. The highest BCUT2D eigenvalue weighted by Gasteiger charge is 2.25. The predicted octanol–water partition coefficient (Wildman–Crippen LogP) is -0.770. The molecule has 0 saturated heterocycles. The van der Waals surface area contributed by atoms with Gasteiger partial charge in [-0.25, -0.2) is 0 Å². The van der Waals surface area contributed by atoms with Crippen molar-refractivity contribution in [1.82, 2.24) is 21.3 Å². The van der Waals surface area contributed by atoms with Crippen molar-refractivity contribution >= 4 is 35.6 Å². The van der Waals surface area contributed by atoms with Crippen LogP contribution in [0.5, 0.6) is 0 Å². The van der Waals surface area contributed by atoms with Crippen LogP contribution in [0.2, 0.25) is 0 Å². The number of carbonyl (C=O) groups is 6. The summed E-state index contributed by atoms with van der Waals surface area (Å²) in [5.41, 5.74) is 0. The molecule has 0 aliphatic rings. The van der Waals surface area contributed by atoms with Gasteiger partial charge in [0.2, 0.25) is 23.6 Å². The Morgan fingerprint density at radius 2 is 0.906 bits per heavy atom. The molecule has 4 amide bonds. The van der Waals surface area contributed by atoms with Crippen molar-refractivity contribution in [2.75, 3.05) is 13.1 Å². The highest BCUT2D eigenvalue weighted by atomic mass is 16.4. The Kier molecular flexibility index (Phi) is 13.3. The fourth-order valence-electron chi connectivity index (χ4n) is 2.59. The van der Waals surface area contributed by atoms with E-state index in [1.807, 2.05) is 0 Å². The average Bonchev–Trinajstić information content (AvgIpc) is 2.69. The summed E-state index contributed by atoms with van der Waals surface area (Å²) in [7, 11) is 0. The third-order valence-electron chi connectivity index (χ3n) is 4.39. The Labute approximate surface area is 186 Å². The van der Waals surface area contributed by atoms with Gasteiger partial charge in [0.1, 0.15) is 12.1 Å². The first-order valence-corrected chi connectivity index (χ1v) is 10.4. The molecule has 6 N–H and O–H groups in total. The van der Waals surface area contributed by atoms with E-state index in [1.54, 1.807) is 27.7 Å². The van der Waals surface area contributed by atoms with Gasteiger partial charge in [0, 0.05) is 25.9 Å². The van der Waals surface area contributed by atoms with Crippen molar-refractivity contribution in [2.24, 2.45) is 11.8 Å². The van der Waals surface area contributed by atoms with Gasteiger partial charge in [0.05, 0.1) is 12.8 Å². The lowest BCUT2D eigenvalue weighted by molar-refractivity contribution is -0.139. The van der Waals surface area contributed by atoms with Crippen LogP contribution >= 0.6 is 0 Å². The number of carboxylic acids is 2. The zero-order valence-electron chi connectivity index (χ0n) is 18.9. The zero-order valence-corrected chi connectivity index (χ0v) is 18.9. The van der Waals surface area contributed by atoms with Crippen LogP contribution in [0, 0.1) is 11.8 Å². The summed E-state index contributed by atoms with van der Waals surface area (Å²) < 4.78 is 0. The molecule has 0 fully saturated rings. The minimum absolute atomic E-state index is 0.0660. The van der Waals surface area contributed by atoms with Gasteiger partial charge in [-0.15, -0.1) is 0 Å². The number of hydrogen-bond acceptors (Lipinski definition) is 6. The molecular formula is C20H34N4O8. The van der Waals surface area contributed by atoms with Crippen LogP contribution in [-0.4, -0.2) is 71.0 Å². The Morgan fingerprint density at radius 1 is 0.594 bits per heavy atom. The molecule has 0 aromatic carbocycles. The van der Waals surface area contributed by atoms with Crippen LogP contribution in [0.25, 0.3) is 0 Å². The Balaban J connectivity index is 4.57. The lowest BCUT2D eigenvalue weighted by Crippen LogP contribution is -2.53. The molecule has 0 spiro atoms. The van der Waals surface area contributed by atoms with Crippen molar-refractivity contribution in [2.45, 2.75) is 65.5 Å². The standard InChI is InChI=1S/C20H34N4O8/c1-11(2)17(23-13(25)5-7-15(27)28)19(31)21-9-10-22-20(32)18(12(3)4)24-14(26)6-8-16(29)30/h11-12,17-18H,5-10H2,1-4H3,(H,21,31)(H,22,32)(H,23,25)(H,24,26)(H,27,28)(H,29,30)/t17-,18-/m0/s1. The minimum Gasteiger partial charge on any atom is -0.481 e. The van der Waals surface area contributed by atoms with Crippen molar-refractivity contribution < 1.29 is 39.0 Å². The minimum atomic E-state index is -1.11. The normalized spacial score (nSPS) is 12.6. The van der Waals surface area contributed by atoms with E-state index in [0.29, 0.717) is 0 Å². The molecule has 0 aromatic heterocycles. The van der Waals surface area contributed by atoms with Gasteiger partial charge >= 0.3 is 11.9 Å². The summed E-state index contributed by atoms with van der Waals surface area (Å²) in [6, 6.07) is -1.71. The Hall–Kier alpha value is -3.18. The summed E-state index contributed by atoms with van der Waals surface area (Å²) in [6.07, 6.45) is -1.16. The SMILES string of the molecule is CC(C)[C@H](NC(=O)CCC(=O)O)C(=O)NCCNC(=O)[C@@H](NC(=O)CCC(=O)O)C(C)C. The summed E-state index contributed by atoms with van der Waals surface area (Å²) in [5, 5.41) is 27.5. The first-order chi connectivity index (χ1) is 14.8. The van der Waals surface area contributed by atoms with E-state index in [4.69, 9.17) is 10.2 Å². The summed E-state index contributed by atoms with van der Waals surface area (Å²) in [4.78, 5) is 69.5. The topological polar surface area (TPSA) is 191 Å². The Bertz CT molecular complexity index is 635. The third kappa shape index (κ3) is 12.5. The molecule has 0 aliphatic heterocycles. The number of carbonyl (C=O) groups excluding carboxylic acids is 4. The maximum atomic E-state index is 12.4. The quantitative estimate of drug-likeness (QED) is 0.172. The van der Waals surface area contributed by atoms with Gasteiger partial charge in [-0.05, 0) is 11.8 Å². The molecule has 0 bridgehead atoms. The first-order valence-electron chi connectivity index (χ1n) is 10.4. The first kappa shape index (κ1) is 28.8. The maximum Gasteiger partial charge on any atom is 0.303 e. The van der Waals surface area contributed by atoms with Crippen LogP contribution in [-0.2, 0) is 28.8 Å². The van der Waals surface area contributed by atoms with E-state index < -0.39 is 47.7 Å². The molecule has 0 unspecified atom stereocenters. The second-order valence-electron chi connectivity index (χ2n) is 7.95. The summed E-state index contributed by atoms with van der Waals surface area (Å²) in [5.74, 6) is -4.76. The second-order valence-corrected chi connectivity index (χ2v) is 7.95. The van der Waals surface area contributed by atoms with Crippen LogP contribution in [0.3, 0.4) is 0 Å². The average molecular weight is 459 g/mol. The lowest BCUT2D eigenvalue weighted by Gasteiger charge is -2.23. The fourth-order valence-corrected chi connectivity index (χ4v) is 2.59. The van der Waals surface area contributed by atoms with Gasteiger partial charge in [0.25, 0.3) is 0 Å². The van der Waals surface area contributed by atoms with Gasteiger partial charge in [-0.1, -0.05) is 27.7 Å². The van der Waals surface area contributed by atoms with Gasteiger partial charge in [0.15, 0.2) is 0 Å². The molecule has 12 nitrogen and oxygen atoms in total. The highest BCUT2D eigenvalue weighted by molar-refractivity contribution is 5.90. The Morgan fingerprint density at radius 3 is 1.16 bits per heavy atom. The summed E-state index contributed by atoms with van der Waals surface area (Å²) in [6.45, 7) is 7.04. The molecule has 0 aliphatic carbocycles. The summed E-state index contributed by atoms with van der Waals surface area (Å²) >= 11 is 0. The van der Waals surface area contributed by atoms with Crippen molar-refractivity contribution in [3.8, 4) is 0 Å². The van der Waals surface area contributed by atoms with E-state index in [2.05, 4.69) is 21.3 Å².